The van der Waals surface area contributed by atoms with E-state index in [2.05, 4.69) is 103 Å². The van der Waals surface area contributed by atoms with E-state index < -0.39 is 5.92 Å². The largest absolute Gasteiger partial charge is 0.507 e. The van der Waals surface area contributed by atoms with Gasteiger partial charge in [-0.15, -0.1) is 0 Å². The molecule has 45 heavy (non-hydrogen) atoms. The van der Waals surface area contributed by atoms with E-state index in [1.165, 1.54) is 0 Å². The van der Waals surface area contributed by atoms with E-state index in [1.807, 2.05) is 19.1 Å². The third-order valence-corrected chi connectivity index (χ3v) is 9.14. The third-order valence-electron chi connectivity index (χ3n) is 9.14. The van der Waals surface area contributed by atoms with E-state index in [0.717, 1.165) is 61.4 Å². The van der Waals surface area contributed by atoms with Gasteiger partial charge in [-0.2, -0.15) is 4.98 Å². The minimum atomic E-state index is -0.472. The van der Waals surface area contributed by atoms with Gasteiger partial charge in [-0.25, -0.2) is 9.97 Å². The number of ether oxygens (including phenoxy) is 1. The molecule has 8 nitrogen and oxygen atoms in total. The van der Waals surface area contributed by atoms with Gasteiger partial charge in [0.2, 0.25) is 11.9 Å². The van der Waals surface area contributed by atoms with Crippen LogP contribution in [0, 0.1) is 0 Å². The maximum Gasteiger partial charge on any atom is 0.313 e. The van der Waals surface area contributed by atoms with E-state index >= 15 is 0 Å². The molecule has 0 bridgehead atoms. The van der Waals surface area contributed by atoms with Gasteiger partial charge in [0.25, 0.3) is 0 Å². The molecule has 1 N–H and O–H groups in total. The predicted octanol–water partition coefficient (Wildman–Crippen LogP) is 8.45. The van der Waals surface area contributed by atoms with Crippen LogP contribution in [-0.4, -0.2) is 56.3 Å². The Morgan fingerprint density at radius 3 is 1.89 bits per heavy atom. The molecule has 2 aromatic rings. The van der Waals surface area contributed by atoms with Crippen LogP contribution in [0.2, 0.25) is 0 Å². The number of aromatic nitrogens is 3. The van der Waals surface area contributed by atoms with Crippen LogP contribution in [0.1, 0.15) is 151 Å². The number of phenolic OH excluding ortho intramolecular Hbond substituents is 1. The van der Waals surface area contributed by atoms with Gasteiger partial charge in [-0.1, -0.05) is 80.4 Å². The van der Waals surface area contributed by atoms with Gasteiger partial charge in [0.15, 0.2) is 0 Å². The van der Waals surface area contributed by atoms with Gasteiger partial charge in [-0.05, 0) is 75.0 Å². The molecule has 1 atom stereocenters. The molecular weight excluding hydrogens is 562 g/mol. The molecule has 3 rings (SSSR count). The lowest BCUT2D eigenvalue weighted by atomic mass is 9.77. The van der Waals surface area contributed by atoms with Crippen LogP contribution in [-0.2, 0) is 20.4 Å². The van der Waals surface area contributed by atoms with Crippen molar-refractivity contribution in [2.75, 3.05) is 22.9 Å². The van der Waals surface area contributed by atoms with Gasteiger partial charge in [0.1, 0.15) is 18.2 Å². The first-order chi connectivity index (χ1) is 20.7. The van der Waals surface area contributed by atoms with E-state index in [-0.39, 0.29) is 34.0 Å². The van der Waals surface area contributed by atoms with Crippen LogP contribution < -0.4 is 9.80 Å². The number of carbonyl (C=O) groups is 1. The summed E-state index contributed by atoms with van der Waals surface area (Å²) < 4.78 is 6.31. The highest BCUT2D eigenvalue weighted by Gasteiger charge is 2.48. The number of esters is 1. The second-order valence-electron chi connectivity index (χ2n) is 16.4. The van der Waals surface area contributed by atoms with Crippen LogP contribution in [0.4, 0.5) is 11.9 Å². The predicted molar refractivity (Wildman–Crippen MR) is 186 cm³/mol. The fourth-order valence-corrected chi connectivity index (χ4v) is 6.81. The normalized spacial score (nSPS) is 17.7. The van der Waals surface area contributed by atoms with Crippen molar-refractivity contribution < 1.29 is 14.6 Å². The lowest BCUT2D eigenvalue weighted by molar-refractivity contribution is -0.153. The first-order valence-corrected chi connectivity index (χ1v) is 17.1. The molecule has 2 heterocycles. The standard InChI is InChI=1S/C37H61N5O3/c1-14-16-18-41(19-17-15-2)32-38-24-39-33(40-32)42-36(10,11)22-27(23-37(42,12)13)45-31(44)25(3)26-20-28(34(4,5)6)30(43)29(21-26)35(7,8)9/h20-21,24-25,27,43H,14-19,22-23H2,1-13H3. The average Bonchev–Trinajstić information content (AvgIpc) is 2.90. The highest BCUT2D eigenvalue weighted by Crippen LogP contribution is 2.44. The maximum absolute atomic E-state index is 13.7. The molecule has 1 aliphatic rings. The van der Waals surface area contributed by atoms with Crippen molar-refractivity contribution in [3.05, 3.63) is 35.2 Å². The highest BCUT2D eigenvalue weighted by molar-refractivity contribution is 5.78. The van der Waals surface area contributed by atoms with E-state index in [0.29, 0.717) is 24.5 Å². The number of rotatable bonds is 11. The Kier molecular flexibility index (Phi) is 11.2. The molecule has 1 aliphatic heterocycles. The molecule has 0 aliphatic carbocycles. The van der Waals surface area contributed by atoms with Crippen molar-refractivity contribution >= 4 is 17.9 Å². The second-order valence-corrected chi connectivity index (χ2v) is 16.4. The number of phenols is 1. The number of nitrogens with zero attached hydrogens (tertiary/aromatic N) is 5. The Morgan fingerprint density at radius 1 is 0.956 bits per heavy atom. The zero-order valence-electron chi connectivity index (χ0n) is 30.5. The number of hydrogen-bond acceptors (Lipinski definition) is 8. The number of anilines is 2. The first-order valence-electron chi connectivity index (χ1n) is 17.1. The van der Waals surface area contributed by atoms with Gasteiger partial charge < -0.3 is 19.6 Å². The number of benzene rings is 1. The summed E-state index contributed by atoms with van der Waals surface area (Å²) in [5.74, 6) is 1.000. The fourth-order valence-electron chi connectivity index (χ4n) is 6.81. The molecule has 1 fully saturated rings. The Balaban J connectivity index is 1.86. The quantitative estimate of drug-likeness (QED) is 0.249. The molecule has 1 saturated heterocycles. The van der Waals surface area contributed by atoms with Crippen LogP contribution >= 0.6 is 0 Å². The summed E-state index contributed by atoms with van der Waals surface area (Å²) in [6, 6.07) is 3.96. The average molecular weight is 624 g/mol. The Labute approximate surface area is 273 Å². The number of unbranched alkanes of at least 4 members (excludes halogenated alkanes) is 2. The molecule has 0 amide bonds. The van der Waals surface area contributed by atoms with E-state index in [4.69, 9.17) is 9.72 Å². The van der Waals surface area contributed by atoms with Gasteiger partial charge in [0, 0.05) is 37.0 Å². The van der Waals surface area contributed by atoms with Gasteiger partial charge in [-0.3, -0.25) is 4.79 Å². The van der Waals surface area contributed by atoms with Crippen molar-refractivity contribution in [2.24, 2.45) is 0 Å². The summed E-state index contributed by atoms with van der Waals surface area (Å²) in [6.45, 7) is 29.4. The molecule has 1 aromatic heterocycles. The Morgan fingerprint density at radius 2 is 1.44 bits per heavy atom. The number of aromatic hydroxyl groups is 1. The number of carbonyl (C=O) groups excluding carboxylic acids is 1. The van der Waals surface area contributed by atoms with Crippen molar-refractivity contribution in [1.82, 2.24) is 15.0 Å². The lowest BCUT2D eigenvalue weighted by Crippen LogP contribution is -2.63. The van der Waals surface area contributed by atoms with Crippen LogP contribution in [0.5, 0.6) is 5.75 Å². The fraction of sp³-hybridized carbons (Fsp3) is 0.730. The Bertz CT molecular complexity index is 1250. The van der Waals surface area contributed by atoms with Crippen LogP contribution in [0.25, 0.3) is 0 Å². The smallest absolute Gasteiger partial charge is 0.313 e. The summed E-state index contributed by atoms with van der Waals surface area (Å²) in [7, 11) is 0. The molecule has 0 spiro atoms. The zero-order valence-corrected chi connectivity index (χ0v) is 30.5. The Hall–Kier alpha value is -2.90. The first kappa shape index (κ1) is 36.6. The van der Waals surface area contributed by atoms with Crippen LogP contribution in [0.3, 0.4) is 0 Å². The summed E-state index contributed by atoms with van der Waals surface area (Å²) in [4.78, 5) is 32.6. The zero-order chi connectivity index (χ0) is 34.0. The van der Waals surface area contributed by atoms with E-state index in [9.17, 15) is 9.90 Å². The summed E-state index contributed by atoms with van der Waals surface area (Å²) in [5, 5.41) is 11.2. The van der Waals surface area contributed by atoms with E-state index in [1.54, 1.807) is 6.33 Å². The molecule has 1 unspecified atom stereocenters. The molecule has 0 radical (unpaired) electrons. The number of piperidine rings is 1. The van der Waals surface area contributed by atoms with Crippen molar-refractivity contribution in [2.45, 2.75) is 162 Å². The lowest BCUT2D eigenvalue weighted by Gasteiger charge is -2.54. The minimum absolute atomic E-state index is 0.240. The summed E-state index contributed by atoms with van der Waals surface area (Å²) in [5.41, 5.74) is 1.27. The molecule has 252 valence electrons. The molecule has 8 heteroatoms. The second kappa shape index (κ2) is 13.8. The topological polar surface area (TPSA) is 91.7 Å². The molecule has 1 aromatic carbocycles. The summed E-state index contributed by atoms with van der Waals surface area (Å²) >= 11 is 0. The van der Waals surface area contributed by atoms with Crippen molar-refractivity contribution in [3.8, 4) is 5.75 Å². The number of hydrogen-bond donors (Lipinski definition) is 1. The molecule has 0 saturated carbocycles. The maximum atomic E-state index is 13.7. The highest BCUT2D eigenvalue weighted by atomic mass is 16.5. The van der Waals surface area contributed by atoms with Crippen molar-refractivity contribution in [1.29, 1.82) is 0 Å². The summed E-state index contributed by atoms with van der Waals surface area (Å²) in [6.07, 6.45) is 7.11. The third kappa shape index (κ3) is 8.68. The van der Waals surface area contributed by atoms with Crippen molar-refractivity contribution in [3.63, 3.8) is 0 Å². The van der Waals surface area contributed by atoms with Gasteiger partial charge in [0.05, 0.1) is 5.92 Å². The monoisotopic (exact) mass is 623 g/mol. The minimum Gasteiger partial charge on any atom is -0.507 e. The van der Waals surface area contributed by atoms with Crippen LogP contribution in [0.15, 0.2) is 18.5 Å². The molecular formula is C37H61N5O3. The van der Waals surface area contributed by atoms with Gasteiger partial charge >= 0.3 is 5.97 Å². The SMILES string of the molecule is CCCCN(CCCC)c1ncnc(N2C(C)(C)CC(OC(=O)C(C)c3cc(C(C)(C)C)c(O)c(C(C)(C)C)c3)CC2(C)C)n1.